The number of benzene rings is 1. The number of nitrogens with zero attached hydrogens (tertiary/aromatic N) is 1. The van der Waals surface area contributed by atoms with Gasteiger partial charge in [0.25, 0.3) is 0 Å². The van der Waals surface area contributed by atoms with Crippen molar-refractivity contribution in [1.29, 1.82) is 0 Å². The molecule has 0 saturated carbocycles. The van der Waals surface area contributed by atoms with Crippen molar-refractivity contribution in [3.8, 4) is 0 Å². The molecule has 1 saturated heterocycles. The van der Waals surface area contributed by atoms with Gasteiger partial charge in [-0.2, -0.15) is 0 Å². The van der Waals surface area contributed by atoms with Crippen molar-refractivity contribution in [2.75, 3.05) is 0 Å². The van der Waals surface area contributed by atoms with E-state index < -0.39 is 0 Å². The van der Waals surface area contributed by atoms with Gasteiger partial charge in [0.05, 0.1) is 11.4 Å². The number of carbonyl (C=O) groups excluding carboxylic acids is 2. The standard InChI is InChI=1S/C14H11BrN2O2S/c15-9-3-1-8(2-4-9)13-10(11-6-16-7-20-11)5-12(18)17-14(13)19/h1-4,6-7,10,13H,5H2,(H,17,18,19). The number of rotatable bonds is 2. The fourth-order valence-electron chi connectivity index (χ4n) is 2.49. The topological polar surface area (TPSA) is 59.1 Å². The van der Waals surface area contributed by atoms with Gasteiger partial charge in [-0.15, -0.1) is 11.3 Å². The highest BCUT2D eigenvalue weighted by Gasteiger charge is 2.38. The molecule has 0 bridgehead atoms. The molecule has 0 aliphatic carbocycles. The molecule has 102 valence electrons. The van der Waals surface area contributed by atoms with Crippen molar-refractivity contribution in [2.24, 2.45) is 0 Å². The van der Waals surface area contributed by atoms with E-state index in [9.17, 15) is 9.59 Å². The Kier molecular flexibility index (Phi) is 3.67. The fraction of sp³-hybridized carbons (Fsp3) is 0.214. The molecule has 0 radical (unpaired) electrons. The third kappa shape index (κ3) is 2.53. The maximum absolute atomic E-state index is 12.2. The quantitative estimate of drug-likeness (QED) is 0.847. The molecule has 4 nitrogen and oxygen atoms in total. The second-order valence-corrected chi connectivity index (χ2v) is 6.49. The summed E-state index contributed by atoms with van der Waals surface area (Å²) in [6.45, 7) is 0. The summed E-state index contributed by atoms with van der Waals surface area (Å²) in [5, 5.41) is 2.43. The van der Waals surface area contributed by atoms with E-state index in [4.69, 9.17) is 0 Å². The average molecular weight is 351 g/mol. The number of imide groups is 1. The summed E-state index contributed by atoms with van der Waals surface area (Å²) in [6.07, 6.45) is 2.06. The first-order valence-electron chi connectivity index (χ1n) is 6.12. The zero-order chi connectivity index (χ0) is 14.1. The summed E-state index contributed by atoms with van der Waals surface area (Å²) in [5.74, 6) is -0.935. The summed E-state index contributed by atoms with van der Waals surface area (Å²) in [4.78, 5) is 28.9. The van der Waals surface area contributed by atoms with Crippen LogP contribution in [0.15, 0.2) is 40.4 Å². The minimum Gasteiger partial charge on any atom is -0.296 e. The maximum atomic E-state index is 12.2. The molecule has 2 amide bonds. The number of aromatic nitrogens is 1. The first-order chi connectivity index (χ1) is 9.65. The van der Waals surface area contributed by atoms with Crippen LogP contribution in [-0.2, 0) is 9.59 Å². The fourth-order valence-corrected chi connectivity index (χ4v) is 3.52. The lowest BCUT2D eigenvalue weighted by atomic mass is 9.80. The molecule has 2 atom stereocenters. The van der Waals surface area contributed by atoms with Crippen molar-refractivity contribution in [3.05, 3.63) is 50.9 Å². The molecule has 2 heterocycles. The number of nitrogens with one attached hydrogen (secondary N) is 1. The third-order valence-corrected chi connectivity index (χ3v) is 4.83. The van der Waals surface area contributed by atoms with Gasteiger partial charge in [-0.25, -0.2) is 0 Å². The van der Waals surface area contributed by atoms with Gasteiger partial charge >= 0.3 is 0 Å². The van der Waals surface area contributed by atoms with E-state index in [1.54, 1.807) is 11.7 Å². The molecule has 1 aromatic heterocycles. The zero-order valence-corrected chi connectivity index (χ0v) is 12.8. The summed E-state index contributed by atoms with van der Waals surface area (Å²) in [7, 11) is 0. The number of halogens is 1. The predicted octanol–water partition coefficient (Wildman–Crippen LogP) is 2.82. The van der Waals surface area contributed by atoms with Crippen LogP contribution in [0.2, 0.25) is 0 Å². The van der Waals surface area contributed by atoms with E-state index >= 15 is 0 Å². The Hall–Kier alpha value is -1.53. The molecular formula is C14H11BrN2O2S. The Bertz CT molecular complexity index is 640. The van der Waals surface area contributed by atoms with Crippen molar-refractivity contribution >= 4 is 39.1 Å². The van der Waals surface area contributed by atoms with Gasteiger partial charge in [0.2, 0.25) is 11.8 Å². The molecule has 6 heteroatoms. The number of hydrogen-bond acceptors (Lipinski definition) is 4. The van der Waals surface area contributed by atoms with Gasteiger partial charge in [0.15, 0.2) is 0 Å². The molecule has 1 N–H and O–H groups in total. The van der Waals surface area contributed by atoms with Crippen LogP contribution in [0.5, 0.6) is 0 Å². The first-order valence-corrected chi connectivity index (χ1v) is 7.80. The minimum absolute atomic E-state index is 0.134. The van der Waals surface area contributed by atoms with Crippen molar-refractivity contribution < 1.29 is 9.59 Å². The lowest BCUT2D eigenvalue weighted by Gasteiger charge is -2.29. The highest BCUT2D eigenvalue weighted by atomic mass is 79.9. The van der Waals surface area contributed by atoms with Crippen LogP contribution in [-0.4, -0.2) is 16.8 Å². The largest absolute Gasteiger partial charge is 0.296 e. The van der Waals surface area contributed by atoms with E-state index in [0.717, 1.165) is 14.9 Å². The maximum Gasteiger partial charge on any atom is 0.234 e. The second-order valence-electron chi connectivity index (χ2n) is 4.66. The second kappa shape index (κ2) is 5.46. The lowest BCUT2D eigenvalue weighted by molar-refractivity contribution is -0.135. The Morgan fingerprint density at radius 2 is 2.00 bits per heavy atom. The zero-order valence-electron chi connectivity index (χ0n) is 10.4. The van der Waals surface area contributed by atoms with E-state index in [-0.39, 0.29) is 23.7 Å². The Morgan fingerprint density at radius 3 is 2.65 bits per heavy atom. The van der Waals surface area contributed by atoms with Crippen LogP contribution in [0.25, 0.3) is 0 Å². The molecule has 2 unspecified atom stereocenters. The highest BCUT2D eigenvalue weighted by molar-refractivity contribution is 9.10. The Morgan fingerprint density at radius 1 is 1.25 bits per heavy atom. The van der Waals surface area contributed by atoms with Crippen molar-refractivity contribution in [1.82, 2.24) is 10.3 Å². The van der Waals surface area contributed by atoms with Crippen molar-refractivity contribution in [2.45, 2.75) is 18.3 Å². The van der Waals surface area contributed by atoms with Crippen LogP contribution in [0.3, 0.4) is 0 Å². The Balaban J connectivity index is 2.01. The monoisotopic (exact) mass is 350 g/mol. The van der Waals surface area contributed by atoms with Crippen LogP contribution in [0.1, 0.15) is 28.7 Å². The lowest BCUT2D eigenvalue weighted by Crippen LogP contribution is -2.43. The SMILES string of the molecule is O=C1CC(c2cncs2)C(c2ccc(Br)cc2)C(=O)N1. The van der Waals surface area contributed by atoms with Gasteiger partial charge in [-0.3, -0.25) is 19.9 Å². The number of hydrogen-bond donors (Lipinski definition) is 1. The molecule has 1 aromatic carbocycles. The molecule has 1 fully saturated rings. The predicted molar refractivity (Wildman–Crippen MR) is 79.5 cm³/mol. The van der Waals surface area contributed by atoms with Gasteiger partial charge in [0.1, 0.15) is 0 Å². The van der Waals surface area contributed by atoms with Gasteiger partial charge in [-0.05, 0) is 17.7 Å². The average Bonchev–Trinajstić information content (AvgIpc) is 2.93. The molecular weight excluding hydrogens is 340 g/mol. The van der Waals surface area contributed by atoms with Crippen molar-refractivity contribution in [3.63, 3.8) is 0 Å². The van der Waals surface area contributed by atoms with Gasteiger partial charge < -0.3 is 0 Å². The van der Waals surface area contributed by atoms with Gasteiger partial charge in [0, 0.05) is 27.9 Å². The van der Waals surface area contributed by atoms with Crippen LogP contribution in [0, 0.1) is 0 Å². The van der Waals surface area contributed by atoms with E-state index in [1.165, 1.54) is 11.3 Å². The number of carbonyl (C=O) groups is 2. The van der Waals surface area contributed by atoms with E-state index in [2.05, 4.69) is 26.2 Å². The highest BCUT2D eigenvalue weighted by Crippen LogP contribution is 2.39. The summed E-state index contributed by atoms with van der Waals surface area (Å²) in [5.41, 5.74) is 2.64. The smallest absolute Gasteiger partial charge is 0.234 e. The molecule has 3 rings (SSSR count). The first kappa shape index (κ1) is 13.5. The summed E-state index contributed by atoms with van der Waals surface area (Å²) < 4.78 is 0.961. The summed E-state index contributed by atoms with van der Waals surface area (Å²) >= 11 is 4.87. The number of amides is 2. The number of piperidine rings is 1. The van der Waals surface area contributed by atoms with E-state index in [0.29, 0.717) is 6.42 Å². The van der Waals surface area contributed by atoms with Crippen LogP contribution >= 0.6 is 27.3 Å². The minimum atomic E-state index is -0.346. The molecule has 0 spiro atoms. The van der Waals surface area contributed by atoms with Crippen LogP contribution < -0.4 is 5.32 Å². The van der Waals surface area contributed by atoms with Crippen LogP contribution in [0.4, 0.5) is 0 Å². The normalized spacial score (nSPS) is 22.6. The summed E-state index contributed by atoms with van der Waals surface area (Å²) in [6, 6.07) is 7.64. The van der Waals surface area contributed by atoms with E-state index in [1.807, 2.05) is 24.3 Å². The Labute approximate surface area is 128 Å². The molecule has 2 aromatic rings. The number of thiazole rings is 1. The third-order valence-electron chi connectivity index (χ3n) is 3.40. The molecule has 1 aliphatic rings. The van der Waals surface area contributed by atoms with Gasteiger partial charge in [-0.1, -0.05) is 28.1 Å². The molecule has 1 aliphatic heterocycles. The molecule has 20 heavy (non-hydrogen) atoms.